The number of aliphatic hydroxyl groups is 2. The minimum absolute atomic E-state index is 0.149. The van der Waals surface area contributed by atoms with Gasteiger partial charge in [0.25, 0.3) is 0 Å². The molecular formula is C12H20O2. The number of allylic oxidation sites excluding steroid dienone is 1. The van der Waals surface area contributed by atoms with Gasteiger partial charge in [-0.05, 0) is 30.6 Å². The summed E-state index contributed by atoms with van der Waals surface area (Å²) >= 11 is 0. The molecule has 2 nitrogen and oxygen atoms in total. The summed E-state index contributed by atoms with van der Waals surface area (Å²) in [5.74, 6) is 0.580. The molecule has 80 valence electrons. The van der Waals surface area contributed by atoms with E-state index in [0.717, 1.165) is 12.8 Å². The van der Waals surface area contributed by atoms with Crippen LogP contribution in [-0.2, 0) is 0 Å². The van der Waals surface area contributed by atoms with Gasteiger partial charge < -0.3 is 10.2 Å². The predicted octanol–water partition coefficient (Wildman–Crippen LogP) is 1.86. The van der Waals surface area contributed by atoms with Crippen LogP contribution in [-0.4, -0.2) is 22.4 Å². The summed E-state index contributed by atoms with van der Waals surface area (Å²) < 4.78 is 0. The molecule has 2 rings (SSSR count). The Morgan fingerprint density at radius 2 is 2.14 bits per heavy atom. The highest BCUT2D eigenvalue weighted by Gasteiger charge is 2.41. The first-order valence-electron chi connectivity index (χ1n) is 5.61. The van der Waals surface area contributed by atoms with Gasteiger partial charge in [0.1, 0.15) is 0 Å². The SMILES string of the molecule is C[C@H]1CCC[C@]2(C)C[C@H](O)[C@@H](O)C=C12. The lowest BCUT2D eigenvalue weighted by Crippen LogP contribution is -2.41. The Morgan fingerprint density at radius 1 is 1.43 bits per heavy atom. The maximum atomic E-state index is 9.67. The van der Waals surface area contributed by atoms with Crippen molar-refractivity contribution in [3.05, 3.63) is 11.6 Å². The van der Waals surface area contributed by atoms with E-state index in [9.17, 15) is 10.2 Å². The van der Waals surface area contributed by atoms with Crippen molar-refractivity contribution in [2.45, 2.75) is 51.7 Å². The molecule has 2 aliphatic carbocycles. The molecule has 0 amide bonds. The van der Waals surface area contributed by atoms with Crippen molar-refractivity contribution < 1.29 is 10.2 Å². The standard InChI is InChI=1S/C12H20O2/c1-8-4-3-5-12(2)7-11(14)10(13)6-9(8)12/h6,8,10-11,13-14H,3-5,7H2,1-2H3/t8-,10-,11-,12+/m0/s1. The van der Waals surface area contributed by atoms with Gasteiger partial charge in [0.15, 0.2) is 0 Å². The van der Waals surface area contributed by atoms with E-state index in [1.54, 1.807) is 0 Å². The van der Waals surface area contributed by atoms with Crippen molar-refractivity contribution in [1.82, 2.24) is 0 Å². The van der Waals surface area contributed by atoms with Gasteiger partial charge >= 0.3 is 0 Å². The second-order valence-corrected chi connectivity index (χ2v) is 5.24. The average molecular weight is 196 g/mol. The number of fused-ring (bicyclic) bond motifs is 1. The van der Waals surface area contributed by atoms with E-state index < -0.39 is 12.2 Å². The van der Waals surface area contributed by atoms with E-state index in [4.69, 9.17) is 0 Å². The molecule has 1 saturated carbocycles. The van der Waals surface area contributed by atoms with Crippen LogP contribution in [0.25, 0.3) is 0 Å². The summed E-state index contributed by atoms with van der Waals surface area (Å²) in [6.45, 7) is 4.46. The molecule has 0 aromatic rings. The van der Waals surface area contributed by atoms with Crippen molar-refractivity contribution in [2.24, 2.45) is 11.3 Å². The Morgan fingerprint density at radius 3 is 2.86 bits per heavy atom. The van der Waals surface area contributed by atoms with Crippen LogP contribution in [0.15, 0.2) is 11.6 Å². The van der Waals surface area contributed by atoms with Crippen LogP contribution >= 0.6 is 0 Å². The fourth-order valence-electron chi connectivity index (χ4n) is 3.16. The lowest BCUT2D eigenvalue weighted by molar-refractivity contribution is 0.000163. The number of hydrogen-bond acceptors (Lipinski definition) is 2. The Hall–Kier alpha value is -0.340. The second-order valence-electron chi connectivity index (χ2n) is 5.24. The Bertz CT molecular complexity index is 259. The molecule has 0 aromatic carbocycles. The molecule has 0 radical (unpaired) electrons. The Kier molecular flexibility index (Phi) is 2.44. The molecule has 2 heteroatoms. The van der Waals surface area contributed by atoms with Gasteiger partial charge in [0, 0.05) is 0 Å². The Balaban J connectivity index is 2.32. The first-order chi connectivity index (χ1) is 6.53. The number of hydrogen-bond donors (Lipinski definition) is 2. The first kappa shape index (κ1) is 10.2. The van der Waals surface area contributed by atoms with Gasteiger partial charge in [-0.2, -0.15) is 0 Å². The molecule has 0 heterocycles. The first-order valence-corrected chi connectivity index (χ1v) is 5.61. The fraction of sp³-hybridized carbons (Fsp3) is 0.833. The largest absolute Gasteiger partial charge is 0.390 e. The predicted molar refractivity (Wildman–Crippen MR) is 55.8 cm³/mol. The highest BCUT2D eigenvalue weighted by Crippen LogP contribution is 2.49. The zero-order valence-electron chi connectivity index (χ0n) is 9.03. The van der Waals surface area contributed by atoms with Crippen molar-refractivity contribution in [3.63, 3.8) is 0 Å². The van der Waals surface area contributed by atoms with Crippen LogP contribution in [0.4, 0.5) is 0 Å². The van der Waals surface area contributed by atoms with Crippen LogP contribution in [0.5, 0.6) is 0 Å². The maximum Gasteiger partial charge on any atom is 0.0983 e. The van der Waals surface area contributed by atoms with E-state index >= 15 is 0 Å². The minimum Gasteiger partial charge on any atom is -0.390 e. The fourth-order valence-corrected chi connectivity index (χ4v) is 3.16. The molecule has 2 N–H and O–H groups in total. The second kappa shape index (κ2) is 3.35. The topological polar surface area (TPSA) is 40.5 Å². The lowest BCUT2D eigenvalue weighted by atomic mass is 9.61. The van der Waals surface area contributed by atoms with E-state index in [1.165, 1.54) is 18.4 Å². The minimum atomic E-state index is -0.640. The van der Waals surface area contributed by atoms with Gasteiger partial charge in [-0.3, -0.25) is 0 Å². The van der Waals surface area contributed by atoms with E-state index in [2.05, 4.69) is 13.8 Å². The van der Waals surface area contributed by atoms with Crippen molar-refractivity contribution >= 4 is 0 Å². The van der Waals surface area contributed by atoms with Gasteiger partial charge in [-0.25, -0.2) is 0 Å². The molecule has 0 unspecified atom stereocenters. The zero-order valence-corrected chi connectivity index (χ0v) is 9.03. The van der Waals surface area contributed by atoms with E-state index in [0.29, 0.717) is 5.92 Å². The van der Waals surface area contributed by atoms with Gasteiger partial charge in [-0.1, -0.05) is 31.9 Å². The van der Waals surface area contributed by atoms with Crippen LogP contribution < -0.4 is 0 Å². The van der Waals surface area contributed by atoms with Crippen LogP contribution in [0, 0.1) is 11.3 Å². The molecule has 0 aliphatic heterocycles. The molecule has 0 aromatic heterocycles. The smallest absolute Gasteiger partial charge is 0.0983 e. The lowest BCUT2D eigenvalue weighted by Gasteiger charge is -2.45. The molecule has 0 bridgehead atoms. The molecule has 2 aliphatic rings. The third-order valence-electron chi connectivity index (χ3n) is 4.00. The van der Waals surface area contributed by atoms with Crippen LogP contribution in [0.2, 0.25) is 0 Å². The normalized spacial score (nSPS) is 48.3. The summed E-state index contributed by atoms with van der Waals surface area (Å²) in [6.07, 6.45) is 5.06. The quantitative estimate of drug-likeness (QED) is 0.581. The highest BCUT2D eigenvalue weighted by molar-refractivity contribution is 5.24. The summed E-state index contributed by atoms with van der Waals surface area (Å²) in [6, 6.07) is 0. The number of rotatable bonds is 0. The van der Waals surface area contributed by atoms with Crippen LogP contribution in [0.3, 0.4) is 0 Å². The average Bonchev–Trinajstić information content (AvgIpc) is 2.09. The van der Waals surface area contributed by atoms with Crippen LogP contribution in [0.1, 0.15) is 39.5 Å². The zero-order chi connectivity index (χ0) is 10.3. The summed E-state index contributed by atoms with van der Waals surface area (Å²) in [5.41, 5.74) is 1.53. The Labute approximate surface area is 85.6 Å². The summed E-state index contributed by atoms with van der Waals surface area (Å²) in [7, 11) is 0. The third-order valence-corrected chi connectivity index (χ3v) is 4.00. The van der Waals surface area contributed by atoms with Crippen molar-refractivity contribution in [3.8, 4) is 0 Å². The summed E-state index contributed by atoms with van der Waals surface area (Å²) in [5, 5.41) is 19.3. The molecule has 0 spiro atoms. The summed E-state index contributed by atoms with van der Waals surface area (Å²) in [4.78, 5) is 0. The van der Waals surface area contributed by atoms with Crippen molar-refractivity contribution in [1.29, 1.82) is 0 Å². The van der Waals surface area contributed by atoms with E-state index in [-0.39, 0.29) is 5.41 Å². The monoisotopic (exact) mass is 196 g/mol. The van der Waals surface area contributed by atoms with Crippen molar-refractivity contribution in [2.75, 3.05) is 0 Å². The van der Waals surface area contributed by atoms with Gasteiger partial charge in [-0.15, -0.1) is 0 Å². The molecule has 1 fully saturated rings. The molecular weight excluding hydrogens is 176 g/mol. The maximum absolute atomic E-state index is 9.67. The molecule has 4 atom stereocenters. The number of aliphatic hydroxyl groups excluding tert-OH is 2. The van der Waals surface area contributed by atoms with Gasteiger partial charge in [0.05, 0.1) is 12.2 Å². The van der Waals surface area contributed by atoms with E-state index in [1.807, 2.05) is 6.08 Å². The third kappa shape index (κ3) is 1.51. The van der Waals surface area contributed by atoms with Gasteiger partial charge in [0.2, 0.25) is 0 Å². The molecule has 0 saturated heterocycles. The highest BCUT2D eigenvalue weighted by atomic mass is 16.3. The molecule has 14 heavy (non-hydrogen) atoms.